The van der Waals surface area contributed by atoms with Crippen molar-refractivity contribution >= 4 is 22.8 Å². The number of nitrogen functional groups attached to an aromatic ring is 1. The lowest BCUT2D eigenvalue weighted by molar-refractivity contribution is 0.616. The van der Waals surface area contributed by atoms with Gasteiger partial charge in [-0.15, -0.1) is 0 Å². The highest BCUT2D eigenvalue weighted by Crippen LogP contribution is 2.35. The summed E-state index contributed by atoms with van der Waals surface area (Å²) in [4.78, 5) is 15.9. The molecule has 3 N–H and O–H groups in total. The Morgan fingerprint density at radius 2 is 2.04 bits per heavy atom. The van der Waals surface area contributed by atoms with E-state index in [2.05, 4.69) is 26.3 Å². The average molecular weight is 312 g/mol. The summed E-state index contributed by atoms with van der Waals surface area (Å²) in [6.07, 6.45) is 8.29. The van der Waals surface area contributed by atoms with Crippen molar-refractivity contribution in [2.24, 2.45) is 0 Å². The number of anilines is 2. The number of likely N-dealkylation sites (N-methyl/N-ethyl adjacent to an activating group) is 1. The maximum atomic E-state index is 5.97. The highest BCUT2D eigenvalue weighted by molar-refractivity contribution is 5.87. The van der Waals surface area contributed by atoms with Crippen molar-refractivity contribution in [3.8, 4) is 0 Å². The molecule has 2 aromatic heterocycles. The second-order valence-electron chi connectivity index (χ2n) is 6.74. The van der Waals surface area contributed by atoms with Crippen molar-refractivity contribution in [3.05, 3.63) is 17.8 Å². The Hall–Kier alpha value is -1.95. The van der Waals surface area contributed by atoms with Crippen molar-refractivity contribution in [1.82, 2.24) is 20.3 Å². The number of nitrogens with one attached hydrogen (secondary N) is 1. The van der Waals surface area contributed by atoms with Crippen molar-refractivity contribution in [2.45, 2.75) is 44.1 Å². The quantitative estimate of drug-likeness (QED) is 0.903. The van der Waals surface area contributed by atoms with Crippen molar-refractivity contribution in [2.75, 3.05) is 30.8 Å². The molecule has 3 heterocycles. The van der Waals surface area contributed by atoms with Gasteiger partial charge in [-0.2, -0.15) is 4.98 Å². The number of hydrogen-bond acceptors (Lipinski definition) is 6. The summed E-state index contributed by atoms with van der Waals surface area (Å²) in [5, 5.41) is 3.34. The molecular weight excluding hydrogens is 288 g/mol. The van der Waals surface area contributed by atoms with E-state index < -0.39 is 0 Å². The van der Waals surface area contributed by atoms with E-state index in [1.54, 1.807) is 0 Å². The molecule has 6 heteroatoms. The summed E-state index contributed by atoms with van der Waals surface area (Å²) in [6.45, 7) is 1.91. The smallest absolute Gasteiger partial charge is 0.222 e. The molecule has 0 amide bonds. The SMILES string of the molecule is CNC1CCN(c2nc(N)nc3cc(C4CCCC4)cnc23)C1. The third-order valence-corrected chi connectivity index (χ3v) is 5.28. The van der Waals surface area contributed by atoms with Crippen LogP contribution in [-0.4, -0.2) is 41.1 Å². The van der Waals surface area contributed by atoms with Crippen LogP contribution in [0, 0.1) is 0 Å². The molecule has 1 atom stereocenters. The standard InChI is InChI=1S/C17H24N6/c1-19-13-6-7-23(10-13)16-15-14(21-17(18)22-16)8-12(9-20-15)11-4-2-3-5-11/h8-9,11,13,19H,2-7,10H2,1H3,(H2,18,21,22). The van der Waals surface area contributed by atoms with E-state index in [-0.39, 0.29) is 0 Å². The topological polar surface area (TPSA) is 80.0 Å². The number of hydrogen-bond donors (Lipinski definition) is 2. The zero-order valence-corrected chi connectivity index (χ0v) is 13.6. The monoisotopic (exact) mass is 312 g/mol. The molecule has 1 aliphatic carbocycles. The molecular formula is C17H24N6. The molecule has 122 valence electrons. The second-order valence-corrected chi connectivity index (χ2v) is 6.74. The highest BCUT2D eigenvalue weighted by Gasteiger charge is 2.25. The lowest BCUT2D eigenvalue weighted by atomic mass is 9.99. The third kappa shape index (κ3) is 2.72. The van der Waals surface area contributed by atoms with Crippen LogP contribution in [0.15, 0.2) is 12.3 Å². The summed E-state index contributed by atoms with van der Waals surface area (Å²) < 4.78 is 0. The first-order valence-electron chi connectivity index (χ1n) is 8.60. The zero-order valence-electron chi connectivity index (χ0n) is 13.6. The molecule has 1 unspecified atom stereocenters. The summed E-state index contributed by atoms with van der Waals surface area (Å²) in [6, 6.07) is 2.67. The molecule has 2 fully saturated rings. The van der Waals surface area contributed by atoms with Crippen LogP contribution in [0.1, 0.15) is 43.6 Å². The molecule has 0 radical (unpaired) electrons. The summed E-state index contributed by atoms with van der Waals surface area (Å²) in [5.41, 5.74) is 9.02. The normalized spacial score (nSPS) is 22.3. The summed E-state index contributed by atoms with van der Waals surface area (Å²) in [7, 11) is 2.01. The lowest BCUT2D eigenvalue weighted by Crippen LogP contribution is -2.30. The Morgan fingerprint density at radius 3 is 2.78 bits per heavy atom. The molecule has 23 heavy (non-hydrogen) atoms. The van der Waals surface area contributed by atoms with Gasteiger partial charge < -0.3 is 16.0 Å². The fourth-order valence-corrected chi connectivity index (χ4v) is 3.93. The maximum Gasteiger partial charge on any atom is 0.222 e. The predicted octanol–water partition coefficient (Wildman–Crippen LogP) is 2.06. The van der Waals surface area contributed by atoms with Crippen LogP contribution in [0.3, 0.4) is 0 Å². The molecule has 4 rings (SSSR count). The van der Waals surface area contributed by atoms with Crippen LogP contribution in [-0.2, 0) is 0 Å². The van der Waals surface area contributed by atoms with Crippen LogP contribution in [0.2, 0.25) is 0 Å². The molecule has 0 spiro atoms. The van der Waals surface area contributed by atoms with Crippen LogP contribution >= 0.6 is 0 Å². The minimum atomic E-state index is 0.339. The first kappa shape index (κ1) is 14.6. The van der Waals surface area contributed by atoms with E-state index in [1.807, 2.05) is 13.2 Å². The predicted molar refractivity (Wildman–Crippen MR) is 92.6 cm³/mol. The van der Waals surface area contributed by atoms with Gasteiger partial charge in [0.15, 0.2) is 5.82 Å². The fraction of sp³-hybridized carbons (Fsp3) is 0.588. The van der Waals surface area contributed by atoms with Crippen LogP contribution in [0.25, 0.3) is 11.0 Å². The Kier molecular flexibility index (Phi) is 3.77. The van der Waals surface area contributed by atoms with Crippen molar-refractivity contribution in [3.63, 3.8) is 0 Å². The van der Waals surface area contributed by atoms with E-state index in [9.17, 15) is 0 Å². The summed E-state index contributed by atoms with van der Waals surface area (Å²) in [5.74, 6) is 1.85. The first-order valence-corrected chi connectivity index (χ1v) is 8.60. The van der Waals surface area contributed by atoms with Gasteiger partial charge in [-0.1, -0.05) is 12.8 Å². The Morgan fingerprint density at radius 1 is 1.22 bits per heavy atom. The van der Waals surface area contributed by atoms with Crippen LogP contribution in [0.4, 0.5) is 11.8 Å². The minimum Gasteiger partial charge on any atom is -0.368 e. The average Bonchev–Trinajstić information content (AvgIpc) is 3.25. The fourth-order valence-electron chi connectivity index (χ4n) is 3.93. The number of pyridine rings is 1. The number of aromatic nitrogens is 3. The number of fused-ring (bicyclic) bond motifs is 1. The maximum absolute atomic E-state index is 5.97. The van der Waals surface area contributed by atoms with Gasteiger partial charge >= 0.3 is 0 Å². The minimum absolute atomic E-state index is 0.339. The third-order valence-electron chi connectivity index (χ3n) is 5.28. The molecule has 1 saturated heterocycles. The molecule has 0 aromatic carbocycles. The molecule has 2 aliphatic rings. The second kappa shape index (κ2) is 5.92. The lowest BCUT2D eigenvalue weighted by Gasteiger charge is -2.19. The Bertz CT molecular complexity index is 710. The Balaban J connectivity index is 1.73. The van der Waals surface area contributed by atoms with E-state index in [4.69, 9.17) is 10.7 Å². The largest absolute Gasteiger partial charge is 0.368 e. The molecule has 2 aromatic rings. The van der Waals surface area contributed by atoms with E-state index in [0.717, 1.165) is 36.4 Å². The number of nitrogens with two attached hydrogens (primary N) is 1. The van der Waals surface area contributed by atoms with Gasteiger partial charge in [0, 0.05) is 25.3 Å². The highest BCUT2D eigenvalue weighted by atomic mass is 15.3. The van der Waals surface area contributed by atoms with Gasteiger partial charge in [-0.05, 0) is 43.9 Å². The zero-order chi connectivity index (χ0) is 15.8. The van der Waals surface area contributed by atoms with Gasteiger partial charge in [0.1, 0.15) is 5.52 Å². The van der Waals surface area contributed by atoms with Crippen molar-refractivity contribution < 1.29 is 0 Å². The van der Waals surface area contributed by atoms with E-state index in [1.165, 1.54) is 31.2 Å². The molecule has 1 saturated carbocycles. The van der Waals surface area contributed by atoms with Gasteiger partial charge in [-0.25, -0.2) is 4.98 Å². The van der Waals surface area contributed by atoms with Gasteiger partial charge in [-0.3, -0.25) is 4.98 Å². The van der Waals surface area contributed by atoms with Gasteiger partial charge in [0.05, 0.1) is 5.52 Å². The number of rotatable bonds is 3. The van der Waals surface area contributed by atoms with Crippen LogP contribution in [0.5, 0.6) is 0 Å². The summed E-state index contributed by atoms with van der Waals surface area (Å²) >= 11 is 0. The van der Waals surface area contributed by atoms with E-state index >= 15 is 0 Å². The molecule has 6 nitrogen and oxygen atoms in total. The molecule has 0 bridgehead atoms. The Labute approximate surface area is 136 Å². The molecule has 1 aliphatic heterocycles. The van der Waals surface area contributed by atoms with E-state index in [0.29, 0.717) is 17.9 Å². The van der Waals surface area contributed by atoms with Gasteiger partial charge in [0.25, 0.3) is 0 Å². The number of nitrogens with zero attached hydrogens (tertiary/aromatic N) is 4. The van der Waals surface area contributed by atoms with Crippen LogP contribution < -0.4 is 16.0 Å². The first-order chi connectivity index (χ1) is 11.2. The van der Waals surface area contributed by atoms with Crippen molar-refractivity contribution in [1.29, 1.82) is 0 Å². The van der Waals surface area contributed by atoms with Gasteiger partial charge in [0.2, 0.25) is 5.95 Å².